The van der Waals surface area contributed by atoms with E-state index in [0.29, 0.717) is 24.7 Å². The molecule has 1 aliphatic heterocycles. The van der Waals surface area contributed by atoms with E-state index in [4.69, 9.17) is 4.74 Å². The van der Waals surface area contributed by atoms with Crippen molar-refractivity contribution in [1.29, 1.82) is 0 Å². The van der Waals surface area contributed by atoms with Gasteiger partial charge in [0, 0.05) is 5.56 Å². The number of hydrogen-bond donors (Lipinski definition) is 0. The lowest BCUT2D eigenvalue weighted by Gasteiger charge is -2.20. The Labute approximate surface area is 129 Å². The van der Waals surface area contributed by atoms with Crippen LogP contribution in [-0.4, -0.2) is 38.8 Å². The molecule has 1 aliphatic rings. The van der Waals surface area contributed by atoms with Crippen LogP contribution in [0.5, 0.6) is 5.75 Å². The van der Waals surface area contributed by atoms with Crippen LogP contribution in [0, 0.1) is 0 Å². The molecule has 0 N–H and O–H groups in total. The number of benzene rings is 2. The molecule has 0 radical (unpaired) electrons. The van der Waals surface area contributed by atoms with E-state index < -0.39 is 10.0 Å². The van der Waals surface area contributed by atoms with Crippen LogP contribution in [0.2, 0.25) is 0 Å². The van der Waals surface area contributed by atoms with Gasteiger partial charge in [-0.1, -0.05) is 30.3 Å². The van der Waals surface area contributed by atoms with Crippen molar-refractivity contribution in [2.24, 2.45) is 4.99 Å². The molecule has 0 saturated heterocycles. The molecule has 2 aromatic rings. The standard InChI is InChI=1S/C16H16N2O3S/c1-21-14-7-9-15(10-8-14)22(19,20)18-12-11-17-16(18)13-5-3-2-4-6-13/h2-10H,11-12H2,1H3. The maximum absolute atomic E-state index is 12.8. The summed E-state index contributed by atoms with van der Waals surface area (Å²) in [5.74, 6) is 1.12. The summed E-state index contributed by atoms with van der Waals surface area (Å²) in [6.07, 6.45) is 0. The number of amidine groups is 1. The van der Waals surface area contributed by atoms with Gasteiger partial charge in [-0.05, 0) is 24.3 Å². The molecule has 1 heterocycles. The Hall–Kier alpha value is -2.34. The van der Waals surface area contributed by atoms with E-state index in [9.17, 15) is 8.42 Å². The highest BCUT2D eigenvalue weighted by molar-refractivity contribution is 7.89. The molecule has 0 fully saturated rings. The topological polar surface area (TPSA) is 59.0 Å². The van der Waals surface area contributed by atoms with E-state index in [1.807, 2.05) is 30.3 Å². The first-order valence-electron chi connectivity index (χ1n) is 6.89. The highest BCUT2D eigenvalue weighted by Gasteiger charge is 2.31. The number of nitrogens with zero attached hydrogens (tertiary/aromatic N) is 2. The SMILES string of the molecule is COc1ccc(S(=O)(=O)N2CCN=C2c2ccccc2)cc1. The highest BCUT2D eigenvalue weighted by Crippen LogP contribution is 2.23. The molecule has 0 atom stereocenters. The molecule has 0 bridgehead atoms. The first kappa shape index (κ1) is 14.6. The molecule has 0 aliphatic carbocycles. The van der Waals surface area contributed by atoms with Crippen LogP contribution in [0.15, 0.2) is 64.5 Å². The van der Waals surface area contributed by atoms with E-state index in [0.717, 1.165) is 5.56 Å². The molecule has 0 saturated carbocycles. The molecule has 0 spiro atoms. The fourth-order valence-corrected chi connectivity index (χ4v) is 3.81. The van der Waals surface area contributed by atoms with Crippen LogP contribution in [0.1, 0.15) is 5.56 Å². The van der Waals surface area contributed by atoms with Gasteiger partial charge in [-0.25, -0.2) is 12.7 Å². The second kappa shape index (κ2) is 5.81. The molecular formula is C16H16N2O3S. The predicted molar refractivity (Wildman–Crippen MR) is 84.7 cm³/mol. The lowest BCUT2D eigenvalue weighted by atomic mass is 10.2. The average molecular weight is 316 g/mol. The maximum Gasteiger partial charge on any atom is 0.265 e. The molecule has 114 valence electrons. The Morgan fingerprint density at radius 1 is 1.05 bits per heavy atom. The quantitative estimate of drug-likeness (QED) is 0.868. The van der Waals surface area contributed by atoms with Crippen LogP contribution >= 0.6 is 0 Å². The Balaban J connectivity index is 1.96. The molecule has 2 aromatic carbocycles. The summed E-state index contributed by atoms with van der Waals surface area (Å²) in [6, 6.07) is 15.7. The zero-order valence-electron chi connectivity index (χ0n) is 12.1. The number of ether oxygens (including phenoxy) is 1. The number of sulfonamides is 1. The smallest absolute Gasteiger partial charge is 0.265 e. The average Bonchev–Trinajstić information content (AvgIpc) is 3.06. The third-order valence-electron chi connectivity index (χ3n) is 3.48. The largest absolute Gasteiger partial charge is 0.497 e. The van der Waals surface area contributed by atoms with Gasteiger partial charge in [0.15, 0.2) is 0 Å². The van der Waals surface area contributed by atoms with Crippen molar-refractivity contribution < 1.29 is 13.2 Å². The van der Waals surface area contributed by atoms with E-state index in [-0.39, 0.29) is 4.90 Å². The van der Waals surface area contributed by atoms with Crippen molar-refractivity contribution in [3.63, 3.8) is 0 Å². The van der Waals surface area contributed by atoms with Crippen LogP contribution in [0.4, 0.5) is 0 Å². The Morgan fingerprint density at radius 2 is 1.73 bits per heavy atom. The predicted octanol–water partition coefficient (Wildman–Crippen LogP) is 2.15. The second-order valence-electron chi connectivity index (χ2n) is 4.82. The lowest BCUT2D eigenvalue weighted by Crippen LogP contribution is -2.34. The van der Waals surface area contributed by atoms with Crippen LogP contribution in [-0.2, 0) is 10.0 Å². The van der Waals surface area contributed by atoms with Crippen molar-refractivity contribution >= 4 is 15.9 Å². The molecule has 0 unspecified atom stereocenters. The molecule has 22 heavy (non-hydrogen) atoms. The van der Waals surface area contributed by atoms with Crippen LogP contribution < -0.4 is 4.74 Å². The van der Waals surface area contributed by atoms with Gasteiger partial charge in [-0.2, -0.15) is 0 Å². The van der Waals surface area contributed by atoms with Crippen molar-refractivity contribution in [1.82, 2.24) is 4.31 Å². The first-order valence-corrected chi connectivity index (χ1v) is 8.33. The number of aliphatic imine (C=N–C) groups is 1. The summed E-state index contributed by atoms with van der Waals surface area (Å²) in [5.41, 5.74) is 0.803. The highest BCUT2D eigenvalue weighted by atomic mass is 32.2. The van der Waals surface area contributed by atoms with Gasteiger partial charge in [0.05, 0.1) is 25.1 Å². The maximum atomic E-state index is 12.8. The Bertz CT molecular complexity index is 784. The van der Waals surface area contributed by atoms with Gasteiger partial charge >= 0.3 is 0 Å². The van der Waals surface area contributed by atoms with Crippen molar-refractivity contribution in [3.8, 4) is 5.75 Å². The van der Waals surface area contributed by atoms with Crippen LogP contribution in [0.3, 0.4) is 0 Å². The zero-order chi connectivity index (χ0) is 15.6. The summed E-state index contributed by atoms with van der Waals surface area (Å²) < 4.78 is 32.1. The van der Waals surface area contributed by atoms with Gasteiger partial charge in [0.1, 0.15) is 11.6 Å². The molecule has 5 nitrogen and oxygen atoms in total. The van der Waals surface area contributed by atoms with E-state index in [1.165, 1.54) is 4.31 Å². The van der Waals surface area contributed by atoms with Gasteiger partial charge < -0.3 is 4.74 Å². The van der Waals surface area contributed by atoms with Crippen LogP contribution in [0.25, 0.3) is 0 Å². The summed E-state index contributed by atoms with van der Waals surface area (Å²) in [5, 5.41) is 0. The number of rotatable bonds is 4. The third kappa shape index (κ3) is 2.57. The molecule has 6 heteroatoms. The summed E-state index contributed by atoms with van der Waals surface area (Å²) >= 11 is 0. The van der Waals surface area contributed by atoms with Gasteiger partial charge in [-0.3, -0.25) is 4.99 Å². The minimum atomic E-state index is -3.61. The molecular weight excluding hydrogens is 300 g/mol. The Morgan fingerprint density at radius 3 is 2.36 bits per heavy atom. The first-order chi connectivity index (χ1) is 10.6. The fourth-order valence-electron chi connectivity index (χ4n) is 2.36. The zero-order valence-corrected chi connectivity index (χ0v) is 13.0. The van der Waals surface area contributed by atoms with Gasteiger partial charge in [0.25, 0.3) is 10.0 Å². The second-order valence-corrected chi connectivity index (χ2v) is 6.69. The third-order valence-corrected chi connectivity index (χ3v) is 5.28. The van der Waals surface area contributed by atoms with Gasteiger partial charge in [0.2, 0.25) is 0 Å². The number of methoxy groups -OCH3 is 1. The lowest BCUT2D eigenvalue weighted by molar-refractivity contribution is 0.414. The van der Waals surface area contributed by atoms with E-state index >= 15 is 0 Å². The van der Waals surface area contributed by atoms with Crippen molar-refractivity contribution in [2.75, 3.05) is 20.2 Å². The summed E-state index contributed by atoms with van der Waals surface area (Å²) in [7, 11) is -2.07. The Kier molecular flexibility index (Phi) is 3.85. The van der Waals surface area contributed by atoms with E-state index in [1.54, 1.807) is 31.4 Å². The summed E-state index contributed by atoms with van der Waals surface area (Å²) in [4.78, 5) is 4.59. The van der Waals surface area contributed by atoms with Gasteiger partial charge in [-0.15, -0.1) is 0 Å². The monoisotopic (exact) mass is 316 g/mol. The molecule has 3 rings (SSSR count). The number of hydrogen-bond acceptors (Lipinski definition) is 4. The molecule has 0 aromatic heterocycles. The van der Waals surface area contributed by atoms with Crippen molar-refractivity contribution in [2.45, 2.75) is 4.90 Å². The van der Waals surface area contributed by atoms with Crippen molar-refractivity contribution in [3.05, 3.63) is 60.2 Å². The summed E-state index contributed by atoms with van der Waals surface area (Å²) in [6.45, 7) is 0.832. The normalized spacial score (nSPS) is 14.8. The van der Waals surface area contributed by atoms with E-state index in [2.05, 4.69) is 4.99 Å². The fraction of sp³-hybridized carbons (Fsp3) is 0.188. The minimum absolute atomic E-state index is 0.235. The minimum Gasteiger partial charge on any atom is -0.497 e. The molecule has 0 amide bonds.